The lowest BCUT2D eigenvalue weighted by Gasteiger charge is -2.47. The number of hydrogen-bond donors (Lipinski definition) is 0. The largest absolute Gasteiger partial charge is 0.458 e. The quantitative estimate of drug-likeness (QED) is 0.450. The second kappa shape index (κ2) is 3.10. The lowest BCUT2D eigenvalue weighted by Crippen LogP contribution is -2.51. The highest BCUT2D eigenvalue weighted by atomic mass is 16.6. The Bertz CT molecular complexity index is 318. The Morgan fingerprint density at radius 1 is 1.27 bits per heavy atom. The molecule has 0 unspecified atom stereocenters. The van der Waals surface area contributed by atoms with E-state index in [1.54, 1.807) is 0 Å². The zero-order valence-electron chi connectivity index (χ0n) is 9.13. The predicted molar refractivity (Wildman–Crippen MR) is 57.3 cm³/mol. The van der Waals surface area contributed by atoms with Gasteiger partial charge in [0.1, 0.15) is 5.60 Å². The van der Waals surface area contributed by atoms with Crippen LogP contribution in [0, 0.1) is 11.8 Å². The first-order valence-corrected chi connectivity index (χ1v) is 6.09. The monoisotopic (exact) mass is 206 g/mol. The topological polar surface area (TPSA) is 26.3 Å². The number of hydrogen-bond acceptors (Lipinski definition) is 2. The molecular weight excluding hydrogens is 188 g/mol. The molecule has 0 aromatic rings. The first-order valence-electron chi connectivity index (χ1n) is 6.09. The molecule has 2 heteroatoms. The molecule has 1 saturated heterocycles. The minimum atomic E-state index is -0.120. The number of rotatable bonds is 0. The number of ether oxygens (including phenoxy) is 1. The van der Waals surface area contributed by atoms with Crippen LogP contribution in [0.1, 0.15) is 44.9 Å². The van der Waals surface area contributed by atoms with Crippen molar-refractivity contribution in [2.75, 3.05) is 0 Å². The van der Waals surface area contributed by atoms with E-state index in [9.17, 15) is 4.79 Å². The molecule has 1 spiro atoms. The van der Waals surface area contributed by atoms with Crippen LogP contribution in [0.25, 0.3) is 0 Å². The molecule has 0 bridgehead atoms. The van der Waals surface area contributed by atoms with Crippen molar-refractivity contribution in [3.63, 3.8) is 0 Å². The van der Waals surface area contributed by atoms with Crippen molar-refractivity contribution in [2.45, 2.75) is 50.5 Å². The molecule has 2 nitrogen and oxygen atoms in total. The molecular formula is C13H18O2. The van der Waals surface area contributed by atoms with Gasteiger partial charge in [-0.15, -0.1) is 0 Å². The van der Waals surface area contributed by atoms with Crippen LogP contribution in [0.15, 0.2) is 12.2 Å². The van der Waals surface area contributed by atoms with Gasteiger partial charge in [-0.1, -0.05) is 18.6 Å². The molecule has 0 aromatic heterocycles. The summed E-state index contributed by atoms with van der Waals surface area (Å²) in [7, 11) is 0. The van der Waals surface area contributed by atoms with Crippen molar-refractivity contribution < 1.29 is 9.53 Å². The van der Waals surface area contributed by atoms with Crippen LogP contribution < -0.4 is 0 Å². The zero-order valence-corrected chi connectivity index (χ0v) is 9.13. The summed E-state index contributed by atoms with van der Waals surface area (Å²) in [6.45, 7) is 4.10. The van der Waals surface area contributed by atoms with Gasteiger partial charge in [-0.3, -0.25) is 4.79 Å². The second-order valence-corrected chi connectivity index (χ2v) is 5.42. The van der Waals surface area contributed by atoms with E-state index < -0.39 is 0 Å². The van der Waals surface area contributed by atoms with Gasteiger partial charge in [-0.25, -0.2) is 0 Å². The third kappa shape index (κ3) is 1.27. The SMILES string of the molecule is C=C1C[C@H]2CCC[C@H]3CCC(=O)O[C@]32C1. The van der Waals surface area contributed by atoms with E-state index in [1.807, 2.05) is 0 Å². The molecule has 82 valence electrons. The molecule has 15 heavy (non-hydrogen) atoms. The molecule has 0 N–H and O–H groups in total. The maximum atomic E-state index is 11.5. The Labute approximate surface area is 90.7 Å². The van der Waals surface area contributed by atoms with Crippen LogP contribution in [-0.2, 0) is 9.53 Å². The van der Waals surface area contributed by atoms with E-state index in [-0.39, 0.29) is 11.6 Å². The lowest BCUT2D eigenvalue weighted by molar-refractivity contribution is -0.188. The van der Waals surface area contributed by atoms with Gasteiger partial charge in [0.25, 0.3) is 0 Å². The number of carbonyl (C=O) groups is 1. The normalized spacial score (nSPS) is 44.5. The van der Waals surface area contributed by atoms with E-state index in [0.29, 0.717) is 18.3 Å². The van der Waals surface area contributed by atoms with Crippen LogP contribution in [0.2, 0.25) is 0 Å². The third-order valence-electron chi connectivity index (χ3n) is 4.55. The van der Waals surface area contributed by atoms with Crippen LogP contribution in [-0.4, -0.2) is 11.6 Å². The van der Waals surface area contributed by atoms with Gasteiger partial charge in [0.15, 0.2) is 0 Å². The molecule has 3 aliphatic rings. The van der Waals surface area contributed by atoms with E-state index in [0.717, 1.165) is 19.3 Å². The molecule has 1 aliphatic heterocycles. The maximum Gasteiger partial charge on any atom is 0.306 e. The van der Waals surface area contributed by atoms with Crippen molar-refractivity contribution >= 4 is 5.97 Å². The Kier molecular flexibility index (Phi) is 1.95. The average molecular weight is 206 g/mol. The Hall–Kier alpha value is -0.790. The summed E-state index contributed by atoms with van der Waals surface area (Å²) >= 11 is 0. The first-order chi connectivity index (χ1) is 7.21. The van der Waals surface area contributed by atoms with Crippen LogP contribution in [0.5, 0.6) is 0 Å². The molecule has 3 fully saturated rings. The maximum absolute atomic E-state index is 11.5. The van der Waals surface area contributed by atoms with E-state index in [1.165, 1.54) is 24.8 Å². The van der Waals surface area contributed by atoms with E-state index >= 15 is 0 Å². The molecule has 0 amide bonds. The second-order valence-electron chi connectivity index (χ2n) is 5.42. The highest BCUT2D eigenvalue weighted by Crippen LogP contribution is 2.55. The van der Waals surface area contributed by atoms with Gasteiger partial charge >= 0.3 is 5.97 Å². The van der Waals surface area contributed by atoms with Crippen molar-refractivity contribution in [1.82, 2.24) is 0 Å². The zero-order chi connectivity index (χ0) is 10.5. The molecule has 0 aromatic carbocycles. The molecule has 3 rings (SSSR count). The van der Waals surface area contributed by atoms with E-state index in [2.05, 4.69) is 6.58 Å². The van der Waals surface area contributed by atoms with Crippen LogP contribution >= 0.6 is 0 Å². The summed E-state index contributed by atoms with van der Waals surface area (Å²) in [4.78, 5) is 11.5. The molecule has 2 aliphatic carbocycles. The first kappa shape index (κ1) is 9.44. The summed E-state index contributed by atoms with van der Waals surface area (Å²) < 4.78 is 5.77. The van der Waals surface area contributed by atoms with Gasteiger partial charge in [-0.05, 0) is 31.6 Å². The third-order valence-corrected chi connectivity index (χ3v) is 4.55. The van der Waals surface area contributed by atoms with Gasteiger partial charge in [0, 0.05) is 18.8 Å². The highest BCUT2D eigenvalue weighted by molar-refractivity contribution is 5.71. The van der Waals surface area contributed by atoms with Crippen molar-refractivity contribution in [3.05, 3.63) is 12.2 Å². The van der Waals surface area contributed by atoms with Gasteiger partial charge in [-0.2, -0.15) is 0 Å². The number of esters is 1. The standard InChI is InChI=1S/C13H18O2/c1-9-7-11-4-2-3-10-5-6-12(14)15-13(10,11)8-9/h10-11H,1-8H2/t10-,11+,13+/m0/s1. The molecule has 0 radical (unpaired) electrons. The van der Waals surface area contributed by atoms with Crippen molar-refractivity contribution in [1.29, 1.82) is 0 Å². The van der Waals surface area contributed by atoms with Gasteiger partial charge in [0.2, 0.25) is 0 Å². The molecule has 1 heterocycles. The predicted octanol–water partition coefficient (Wildman–Crippen LogP) is 2.83. The van der Waals surface area contributed by atoms with E-state index in [4.69, 9.17) is 4.74 Å². The minimum Gasteiger partial charge on any atom is -0.458 e. The smallest absolute Gasteiger partial charge is 0.306 e. The van der Waals surface area contributed by atoms with Crippen LogP contribution in [0.3, 0.4) is 0 Å². The molecule has 3 atom stereocenters. The number of carbonyl (C=O) groups excluding carboxylic acids is 1. The van der Waals surface area contributed by atoms with Gasteiger partial charge < -0.3 is 4.74 Å². The molecule has 2 saturated carbocycles. The fourth-order valence-electron chi connectivity index (χ4n) is 3.95. The summed E-state index contributed by atoms with van der Waals surface area (Å²) in [5, 5.41) is 0. The van der Waals surface area contributed by atoms with Crippen molar-refractivity contribution in [3.8, 4) is 0 Å². The fraction of sp³-hybridized carbons (Fsp3) is 0.769. The fourth-order valence-corrected chi connectivity index (χ4v) is 3.95. The summed E-state index contributed by atoms with van der Waals surface area (Å²) in [5.74, 6) is 1.22. The minimum absolute atomic E-state index is 0.0212. The van der Waals surface area contributed by atoms with Crippen molar-refractivity contribution in [2.24, 2.45) is 11.8 Å². The summed E-state index contributed by atoms with van der Waals surface area (Å²) in [5.41, 5.74) is 1.17. The Morgan fingerprint density at radius 3 is 2.93 bits per heavy atom. The highest BCUT2D eigenvalue weighted by Gasteiger charge is 2.55. The lowest BCUT2D eigenvalue weighted by atomic mass is 9.67. The van der Waals surface area contributed by atoms with Crippen LogP contribution in [0.4, 0.5) is 0 Å². The Morgan fingerprint density at radius 2 is 2.07 bits per heavy atom. The Balaban J connectivity index is 1.96. The summed E-state index contributed by atoms with van der Waals surface area (Å²) in [6.07, 6.45) is 7.48. The average Bonchev–Trinajstić information content (AvgIpc) is 2.50. The van der Waals surface area contributed by atoms with Gasteiger partial charge in [0.05, 0.1) is 0 Å². The summed E-state index contributed by atoms with van der Waals surface area (Å²) in [6, 6.07) is 0.